The third-order valence-corrected chi connectivity index (χ3v) is 5.16. The summed E-state index contributed by atoms with van der Waals surface area (Å²) < 4.78 is 32.3. The van der Waals surface area contributed by atoms with Crippen LogP contribution in [-0.2, 0) is 17.8 Å². The lowest BCUT2D eigenvalue weighted by atomic mass is 9.86. The summed E-state index contributed by atoms with van der Waals surface area (Å²) in [5, 5.41) is 5.88. The number of fused-ring (bicyclic) bond motifs is 1. The molecule has 0 aliphatic heterocycles. The SMILES string of the molecule is Nc1cc2c(cc1NC(=O)OCc1cccnc1)CCCC2Nc1cc(F)cc(F)c1. The van der Waals surface area contributed by atoms with Gasteiger partial charge in [-0.1, -0.05) is 6.07 Å². The molecule has 0 saturated heterocycles. The smallest absolute Gasteiger partial charge is 0.412 e. The normalized spacial score (nSPS) is 15.1. The first kappa shape index (κ1) is 20.6. The number of aromatic nitrogens is 1. The van der Waals surface area contributed by atoms with E-state index in [1.165, 1.54) is 12.1 Å². The molecule has 1 aromatic heterocycles. The van der Waals surface area contributed by atoms with Crippen molar-refractivity contribution >= 4 is 23.2 Å². The van der Waals surface area contributed by atoms with Gasteiger partial charge in [-0.3, -0.25) is 10.3 Å². The second-order valence-corrected chi connectivity index (χ2v) is 7.45. The second-order valence-electron chi connectivity index (χ2n) is 7.45. The fourth-order valence-corrected chi connectivity index (χ4v) is 3.75. The predicted octanol–water partition coefficient (Wildman–Crippen LogP) is 5.18. The highest BCUT2D eigenvalue weighted by Crippen LogP contribution is 2.37. The van der Waals surface area contributed by atoms with Gasteiger partial charge >= 0.3 is 6.09 Å². The number of carbonyl (C=O) groups is 1. The Morgan fingerprint density at radius 2 is 2.00 bits per heavy atom. The van der Waals surface area contributed by atoms with Crippen molar-refractivity contribution in [3.63, 3.8) is 0 Å². The van der Waals surface area contributed by atoms with Crippen molar-refractivity contribution < 1.29 is 18.3 Å². The van der Waals surface area contributed by atoms with Crippen molar-refractivity contribution in [2.75, 3.05) is 16.4 Å². The quantitative estimate of drug-likeness (QED) is 0.491. The van der Waals surface area contributed by atoms with Crippen LogP contribution in [0.2, 0.25) is 0 Å². The van der Waals surface area contributed by atoms with Gasteiger partial charge in [0.1, 0.15) is 18.2 Å². The largest absolute Gasteiger partial charge is 0.444 e. The molecule has 31 heavy (non-hydrogen) atoms. The highest BCUT2D eigenvalue weighted by Gasteiger charge is 2.23. The number of ether oxygens (including phenoxy) is 1. The van der Waals surface area contributed by atoms with Gasteiger partial charge in [-0.25, -0.2) is 13.6 Å². The van der Waals surface area contributed by atoms with E-state index in [1.807, 2.05) is 12.1 Å². The molecule has 1 amide bonds. The number of nitrogens with zero attached hydrogens (tertiary/aromatic N) is 1. The molecule has 1 aliphatic rings. The van der Waals surface area contributed by atoms with Gasteiger partial charge in [0, 0.05) is 29.7 Å². The summed E-state index contributed by atoms with van der Waals surface area (Å²) in [6, 6.07) is 10.4. The monoisotopic (exact) mass is 424 g/mol. The molecule has 0 radical (unpaired) electrons. The molecule has 0 saturated carbocycles. The zero-order valence-electron chi connectivity index (χ0n) is 16.7. The average molecular weight is 424 g/mol. The molecule has 4 N–H and O–H groups in total. The third kappa shape index (κ3) is 5.09. The van der Waals surface area contributed by atoms with E-state index in [-0.39, 0.29) is 12.6 Å². The lowest BCUT2D eigenvalue weighted by molar-refractivity contribution is 0.155. The maximum atomic E-state index is 13.5. The van der Waals surface area contributed by atoms with Crippen LogP contribution >= 0.6 is 0 Å². The van der Waals surface area contributed by atoms with E-state index in [2.05, 4.69) is 15.6 Å². The number of nitrogen functional groups attached to an aromatic ring is 1. The molecule has 1 atom stereocenters. The highest BCUT2D eigenvalue weighted by molar-refractivity contribution is 5.89. The average Bonchev–Trinajstić information content (AvgIpc) is 2.73. The van der Waals surface area contributed by atoms with Crippen LogP contribution in [0.3, 0.4) is 0 Å². The molecule has 4 rings (SSSR count). The van der Waals surface area contributed by atoms with Crippen LogP contribution in [0.15, 0.2) is 54.9 Å². The number of anilines is 3. The van der Waals surface area contributed by atoms with Crippen LogP contribution in [0.5, 0.6) is 0 Å². The molecular formula is C23H22F2N4O2. The Labute approximate surface area is 178 Å². The predicted molar refractivity (Wildman–Crippen MR) is 115 cm³/mol. The van der Waals surface area contributed by atoms with Crippen molar-refractivity contribution in [1.29, 1.82) is 0 Å². The Kier molecular flexibility index (Phi) is 5.97. The summed E-state index contributed by atoms with van der Waals surface area (Å²) in [5.41, 5.74) is 10.1. The summed E-state index contributed by atoms with van der Waals surface area (Å²) in [7, 11) is 0. The molecule has 1 unspecified atom stereocenters. The zero-order chi connectivity index (χ0) is 21.8. The molecule has 0 spiro atoms. The molecule has 1 aliphatic carbocycles. The van der Waals surface area contributed by atoms with E-state index >= 15 is 0 Å². The number of hydrogen-bond acceptors (Lipinski definition) is 5. The summed E-state index contributed by atoms with van der Waals surface area (Å²) >= 11 is 0. The van der Waals surface area contributed by atoms with Crippen molar-refractivity contribution in [3.8, 4) is 0 Å². The van der Waals surface area contributed by atoms with Gasteiger partial charge in [0.15, 0.2) is 0 Å². The minimum absolute atomic E-state index is 0.0979. The molecule has 0 bridgehead atoms. The molecule has 160 valence electrons. The van der Waals surface area contributed by atoms with Crippen LogP contribution < -0.4 is 16.4 Å². The molecule has 8 heteroatoms. The van der Waals surface area contributed by atoms with E-state index in [1.54, 1.807) is 24.5 Å². The first-order valence-electron chi connectivity index (χ1n) is 9.95. The maximum absolute atomic E-state index is 13.5. The van der Waals surface area contributed by atoms with Crippen molar-refractivity contribution in [2.45, 2.75) is 31.9 Å². The number of hydrogen-bond donors (Lipinski definition) is 3. The number of halogens is 2. The molecule has 2 aromatic carbocycles. The van der Waals surface area contributed by atoms with Crippen LogP contribution in [0.25, 0.3) is 0 Å². The molecular weight excluding hydrogens is 402 g/mol. The molecule has 1 heterocycles. The fourth-order valence-electron chi connectivity index (χ4n) is 3.75. The van der Waals surface area contributed by atoms with Gasteiger partial charge in [-0.15, -0.1) is 0 Å². The Morgan fingerprint density at radius 3 is 2.74 bits per heavy atom. The Bertz CT molecular complexity index is 1070. The van der Waals surface area contributed by atoms with Crippen molar-refractivity contribution in [3.05, 3.63) is 83.2 Å². The Balaban J connectivity index is 1.47. The summed E-state index contributed by atoms with van der Waals surface area (Å²) in [6.07, 6.45) is 5.14. The topological polar surface area (TPSA) is 89.3 Å². The molecule has 3 aromatic rings. The fraction of sp³-hybridized carbons (Fsp3) is 0.217. The number of amides is 1. The van der Waals surface area contributed by atoms with Crippen LogP contribution in [-0.4, -0.2) is 11.1 Å². The van der Waals surface area contributed by atoms with Crippen LogP contribution in [0, 0.1) is 11.6 Å². The van der Waals surface area contributed by atoms with Gasteiger partial charge in [-0.2, -0.15) is 0 Å². The lowest BCUT2D eigenvalue weighted by Crippen LogP contribution is -2.20. The maximum Gasteiger partial charge on any atom is 0.412 e. The highest BCUT2D eigenvalue weighted by atomic mass is 19.1. The van der Waals surface area contributed by atoms with Crippen LogP contribution in [0.4, 0.5) is 30.6 Å². The minimum Gasteiger partial charge on any atom is -0.444 e. The first-order chi connectivity index (χ1) is 15.0. The minimum atomic E-state index is -0.637. The molecule has 0 fully saturated rings. The summed E-state index contributed by atoms with van der Waals surface area (Å²) in [6.45, 7) is 0.0979. The number of nitrogens with two attached hydrogens (primary N) is 1. The van der Waals surface area contributed by atoms with E-state index in [0.717, 1.165) is 42.0 Å². The number of pyridine rings is 1. The molecule has 6 nitrogen and oxygen atoms in total. The standard InChI is InChI=1S/C23H22F2N4O2/c24-16-8-17(25)10-18(9-16)28-21-5-1-4-15-7-22(20(26)11-19(15)21)29-23(30)31-13-14-3-2-6-27-12-14/h2-3,6-12,21,28H,1,4-5,13,26H2,(H,29,30). The van der Waals surface area contributed by atoms with Gasteiger partial charge in [-0.05, 0) is 60.7 Å². The number of rotatable bonds is 5. The first-order valence-corrected chi connectivity index (χ1v) is 9.95. The van der Waals surface area contributed by atoms with Crippen LogP contribution in [0.1, 0.15) is 35.6 Å². The van der Waals surface area contributed by atoms with Gasteiger partial charge in [0.2, 0.25) is 0 Å². The summed E-state index contributed by atoms with van der Waals surface area (Å²) in [5.74, 6) is -1.27. The third-order valence-electron chi connectivity index (χ3n) is 5.16. The van der Waals surface area contributed by atoms with Crippen molar-refractivity contribution in [1.82, 2.24) is 4.98 Å². The number of carbonyl (C=O) groups excluding carboxylic acids is 1. The van der Waals surface area contributed by atoms with Gasteiger partial charge < -0.3 is 15.8 Å². The van der Waals surface area contributed by atoms with E-state index in [9.17, 15) is 13.6 Å². The van der Waals surface area contributed by atoms with Gasteiger partial charge in [0.05, 0.1) is 17.4 Å². The number of aryl methyl sites for hydroxylation is 1. The second kappa shape index (κ2) is 8.99. The Hall–Kier alpha value is -3.68. The van der Waals surface area contributed by atoms with E-state index < -0.39 is 17.7 Å². The zero-order valence-corrected chi connectivity index (χ0v) is 16.7. The van der Waals surface area contributed by atoms with E-state index in [4.69, 9.17) is 10.5 Å². The summed E-state index contributed by atoms with van der Waals surface area (Å²) in [4.78, 5) is 16.2. The number of benzene rings is 2. The number of nitrogens with one attached hydrogen (secondary N) is 2. The Morgan fingerprint density at radius 1 is 1.19 bits per heavy atom. The van der Waals surface area contributed by atoms with E-state index in [0.29, 0.717) is 17.1 Å². The van der Waals surface area contributed by atoms with Gasteiger partial charge in [0.25, 0.3) is 0 Å². The van der Waals surface area contributed by atoms with Crippen molar-refractivity contribution in [2.24, 2.45) is 0 Å². The lowest BCUT2D eigenvalue weighted by Gasteiger charge is -2.28.